The average Bonchev–Trinajstić information content (AvgIpc) is 2.42. The normalized spacial score (nSPS) is 12.2. The molecule has 1 heterocycles. The maximum atomic E-state index is 5.41. The molecule has 0 saturated heterocycles. The first-order valence-electron chi connectivity index (χ1n) is 5.99. The van der Waals surface area contributed by atoms with Crippen molar-refractivity contribution >= 4 is 0 Å². The molecular formula is C15H18N2O. The molecule has 2 rings (SSSR count). The molecule has 0 aliphatic heterocycles. The monoisotopic (exact) mass is 242 g/mol. The Labute approximate surface area is 108 Å². The fourth-order valence-electron chi connectivity index (χ4n) is 2.06. The van der Waals surface area contributed by atoms with Crippen LogP contribution in [0.15, 0.2) is 42.6 Å². The van der Waals surface area contributed by atoms with Gasteiger partial charge in [-0.3, -0.25) is 4.98 Å². The van der Waals surface area contributed by atoms with Crippen molar-refractivity contribution in [3.8, 4) is 5.75 Å². The number of pyridine rings is 1. The third-order valence-corrected chi connectivity index (χ3v) is 3.01. The summed E-state index contributed by atoms with van der Waals surface area (Å²) in [6.45, 7) is 1.99. The van der Waals surface area contributed by atoms with Crippen molar-refractivity contribution in [1.82, 2.24) is 10.3 Å². The molecule has 0 radical (unpaired) electrons. The minimum atomic E-state index is 0.0919. The third kappa shape index (κ3) is 2.51. The number of hydrogen-bond acceptors (Lipinski definition) is 3. The van der Waals surface area contributed by atoms with E-state index in [9.17, 15) is 0 Å². The number of benzene rings is 1. The van der Waals surface area contributed by atoms with Crippen LogP contribution < -0.4 is 10.1 Å². The van der Waals surface area contributed by atoms with Crippen molar-refractivity contribution in [3.63, 3.8) is 0 Å². The highest BCUT2D eigenvalue weighted by molar-refractivity contribution is 5.41. The Hall–Kier alpha value is -1.87. The number of para-hydroxylation sites is 1. The Kier molecular flexibility index (Phi) is 3.95. The Morgan fingerprint density at radius 3 is 2.56 bits per heavy atom. The summed E-state index contributed by atoms with van der Waals surface area (Å²) >= 11 is 0. The number of nitrogens with zero attached hydrogens (tertiary/aromatic N) is 1. The summed E-state index contributed by atoms with van der Waals surface area (Å²) in [6.07, 6.45) is 1.91. The topological polar surface area (TPSA) is 34.2 Å². The summed E-state index contributed by atoms with van der Waals surface area (Å²) in [4.78, 5) is 4.35. The first kappa shape index (κ1) is 12.6. The van der Waals surface area contributed by atoms with E-state index < -0.39 is 0 Å². The van der Waals surface area contributed by atoms with Crippen LogP contribution >= 0.6 is 0 Å². The molecule has 0 saturated carbocycles. The predicted molar refractivity (Wildman–Crippen MR) is 72.9 cm³/mol. The van der Waals surface area contributed by atoms with Crippen LogP contribution in [0, 0.1) is 6.92 Å². The number of ether oxygens (including phenoxy) is 1. The lowest BCUT2D eigenvalue weighted by molar-refractivity contribution is 0.405. The summed E-state index contributed by atoms with van der Waals surface area (Å²) in [7, 11) is 3.63. The SMILES string of the molecule is CNC(c1ccc(C)nc1)c1ccccc1OC. The number of aromatic nitrogens is 1. The predicted octanol–water partition coefficient (Wildman–Crippen LogP) is 2.71. The standard InChI is InChI=1S/C15H18N2O/c1-11-8-9-12(10-17-11)15(16-2)13-6-4-5-7-14(13)18-3/h4-10,15-16H,1-3H3. The number of rotatable bonds is 4. The second-order valence-electron chi connectivity index (χ2n) is 4.20. The van der Waals surface area contributed by atoms with Gasteiger partial charge in [-0.1, -0.05) is 24.3 Å². The van der Waals surface area contributed by atoms with Crippen molar-refractivity contribution < 1.29 is 4.74 Å². The molecule has 1 aromatic heterocycles. The highest BCUT2D eigenvalue weighted by atomic mass is 16.5. The summed E-state index contributed by atoms with van der Waals surface area (Å²) < 4.78 is 5.41. The summed E-state index contributed by atoms with van der Waals surface area (Å²) in [6, 6.07) is 12.2. The second kappa shape index (κ2) is 5.65. The maximum Gasteiger partial charge on any atom is 0.123 e. The molecule has 2 aromatic rings. The van der Waals surface area contributed by atoms with Gasteiger partial charge in [-0.15, -0.1) is 0 Å². The lowest BCUT2D eigenvalue weighted by atomic mass is 9.99. The Morgan fingerprint density at radius 2 is 1.94 bits per heavy atom. The van der Waals surface area contributed by atoms with E-state index in [-0.39, 0.29) is 6.04 Å². The van der Waals surface area contributed by atoms with E-state index in [4.69, 9.17) is 4.74 Å². The van der Waals surface area contributed by atoms with Gasteiger partial charge in [-0.05, 0) is 31.7 Å². The van der Waals surface area contributed by atoms with Gasteiger partial charge in [0.1, 0.15) is 5.75 Å². The van der Waals surface area contributed by atoms with E-state index in [1.807, 2.05) is 44.4 Å². The van der Waals surface area contributed by atoms with E-state index in [0.29, 0.717) is 0 Å². The van der Waals surface area contributed by atoms with Gasteiger partial charge in [0, 0.05) is 17.5 Å². The molecule has 0 fully saturated rings. The second-order valence-corrected chi connectivity index (χ2v) is 4.20. The highest BCUT2D eigenvalue weighted by Crippen LogP contribution is 2.29. The Bertz CT molecular complexity index is 508. The van der Waals surface area contributed by atoms with Crippen molar-refractivity contribution in [3.05, 3.63) is 59.4 Å². The molecule has 94 valence electrons. The molecule has 1 aromatic carbocycles. The zero-order chi connectivity index (χ0) is 13.0. The quantitative estimate of drug-likeness (QED) is 0.895. The minimum Gasteiger partial charge on any atom is -0.496 e. The van der Waals surface area contributed by atoms with E-state index in [1.54, 1.807) is 7.11 Å². The van der Waals surface area contributed by atoms with Gasteiger partial charge in [-0.2, -0.15) is 0 Å². The molecule has 0 amide bonds. The zero-order valence-corrected chi connectivity index (χ0v) is 11.0. The number of hydrogen-bond donors (Lipinski definition) is 1. The number of methoxy groups -OCH3 is 1. The minimum absolute atomic E-state index is 0.0919. The smallest absolute Gasteiger partial charge is 0.123 e. The first-order chi connectivity index (χ1) is 8.76. The fourth-order valence-corrected chi connectivity index (χ4v) is 2.06. The third-order valence-electron chi connectivity index (χ3n) is 3.01. The van der Waals surface area contributed by atoms with Crippen LogP contribution in [0.1, 0.15) is 22.9 Å². The highest BCUT2D eigenvalue weighted by Gasteiger charge is 2.16. The summed E-state index contributed by atoms with van der Waals surface area (Å²) in [5.74, 6) is 0.887. The van der Waals surface area contributed by atoms with Crippen LogP contribution in [0.4, 0.5) is 0 Å². The van der Waals surface area contributed by atoms with E-state index >= 15 is 0 Å². The number of nitrogens with one attached hydrogen (secondary N) is 1. The largest absolute Gasteiger partial charge is 0.496 e. The van der Waals surface area contributed by atoms with Gasteiger partial charge in [0.2, 0.25) is 0 Å². The fraction of sp³-hybridized carbons (Fsp3) is 0.267. The van der Waals surface area contributed by atoms with Crippen LogP contribution in [-0.2, 0) is 0 Å². The van der Waals surface area contributed by atoms with Crippen molar-refractivity contribution in [2.24, 2.45) is 0 Å². The first-order valence-corrected chi connectivity index (χ1v) is 5.99. The lowest BCUT2D eigenvalue weighted by Crippen LogP contribution is -2.18. The average molecular weight is 242 g/mol. The van der Waals surface area contributed by atoms with Crippen LogP contribution in [0.5, 0.6) is 5.75 Å². The molecule has 18 heavy (non-hydrogen) atoms. The van der Waals surface area contributed by atoms with Gasteiger partial charge in [0.05, 0.1) is 13.2 Å². The van der Waals surface area contributed by atoms with Crippen molar-refractivity contribution in [2.45, 2.75) is 13.0 Å². The van der Waals surface area contributed by atoms with Gasteiger partial charge in [-0.25, -0.2) is 0 Å². The molecule has 0 aliphatic rings. The Morgan fingerprint density at radius 1 is 1.17 bits per heavy atom. The van der Waals surface area contributed by atoms with E-state index in [1.165, 1.54) is 0 Å². The summed E-state index contributed by atoms with van der Waals surface area (Å²) in [5, 5.41) is 3.31. The maximum absolute atomic E-state index is 5.41. The van der Waals surface area contributed by atoms with Gasteiger partial charge >= 0.3 is 0 Å². The lowest BCUT2D eigenvalue weighted by Gasteiger charge is -2.19. The van der Waals surface area contributed by atoms with Crippen LogP contribution in [0.25, 0.3) is 0 Å². The molecule has 3 nitrogen and oxygen atoms in total. The molecule has 0 spiro atoms. The molecule has 0 aliphatic carbocycles. The van der Waals surface area contributed by atoms with Crippen molar-refractivity contribution in [2.75, 3.05) is 14.2 Å². The molecule has 1 atom stereocenters. The molecule has 0 bridgehead atoms. The van der Waals surface area contributed by atoms with Gasteiger partial charge in [0.15, 0.2) is 0 Å². The Balaban J connectivity index is 2.41. The molecule has 3 heteroatoms. The van der Waals surface area contributed by atoms with Gasteiger partial charge < -0.3 is 10.1 Å². The molecular weight excluding hydrogens is 224 g/mol. The molecule has 1 N–H and O–H groups in total. The van der Waals surface area contributed by atoms with E-state index in [0.717, 1.165) is 22.6 Å². The van der Waals surface area contributed by atoms with Crippen molar-refractivity contribution in [1.29, 1.82) is 0 Å². The summed E-state index contributed by atoms with van der Waals surface area (Å²) in [5.41, 5.74) is 3.27. The van der Waals surface area contributed by atoms with Crippen LogP contribution in [0.2, 0.25) is 0 Å². The van der Waals surface area contributed by atoms with Gasteiger partial charge in [0.25, 0.3) is 0 Å². The number of aryl methyl sites for hydroxylation is 1. The van der Waals surface area contributed by atoms with Crippen LogP contribution in [0.3, 0.4) is 0 Å². The van der Waals surface area contributed by atoms with Crippen LogP contribution in [-0.4, -0.2) is 19.1 Å². The zero-order valence-electron chi connectivity index (χ0n) is 11.0. The van der Waals surface area contributed by atoms with E-state index in [2.05, 4.69) is 22.4 Å². The molecule has 1 unspecified atom stereocenters.